The number of aromatic hydroxyl groups is 1. The molecule has 0 saturated heterocycles. The normalized spacial score (nSPS) is 10.8. The van der Waals surface area contributed by atoms with E-state index in [1.807, 2.05) is 18.2 Å². The van der Waals surface area contributed by atoms with Gasteiger partial charge in [0.2, 0.25) is 5.91 Å². The number of amides is 3. The van der Waals surface area contributed by atoms with E-state index in [0.29, 0.717) is 5.69 Å². The van der Waals surface area contributed by atoms with Gasteiger partial charge in [-0.05, 0) is 38.1 Å². The number of rotatable bonds is 6. The Kier molecular flexibility index (Phi) is 6.18. The van der Waals surface area contributed by atoms with Crippen LogP contribution < -0.4 is 15.5 Å². The van der Waals surface area contributed by atoms with Crippen molar-refractivity contribution in [2.24, 2.45) is 0 Å². The van der Waals surface area contributed by atoms with Crippen LogP contribution in [-0.2, 0) is 9.59 Å². The van der Waals surface area contributed by atoms with Crippen LogP contribution in [0.25, 0.3) is 0 Å². The Hall–Kier alpha value is -3.35. The van der Waals surface area contributed by atoms with Gasteiger partial charge in [0.1, 0.15) is 11.3 Å². The van der Waals surface area contributed by atoms with E-state index in [1.54, 1.807) is 45.2 Å². The Labute approximate surface area is 158 Å². The molecule has 0 fully saturated rings. The van der Waals surface area contributed by atoms with Crippen molar-refractivity contribution < 1.29 is 19.5 Å². The highest BCUT2D eigenvalue weighted by molar-refractivity contribution is 6.02. The summed E-state index contributed by atoms with van der Waals surface area (Å²) < 4.78 is 0. The standard InChI is InChI=1S/C20H23N3O4/c1-20(2,19(27)23(3)14-9-5-4-6-10-14)22-17(25)13-21-18(26)15-11-7-8-12-16(15)24/h4-12,24H,13H2,1-3H3,(H,21,26)(H,22,25). The average molecular weight is 369 g/mol. The van der Waals surface area contributed by atoms with Crippen molar-refractivity contribution in [3.8, 4) is 5.75 Å². The van der Waals surface area contributed by atoms with Crippen molar-refractivity contribution in [2.45, 2.75) is 19.4 Å². The number of nitrogens with one attached hydrogen (secondary N) is 2. The third kappa shape index (κ3) is 5.07. The molecule has 0 bridgehead atoms. The number of hydrogen-bond donors (Lipinski definition) is 3. The number of carbonyl (C=O) groups excluding carboxylic acids is 3. The first-order valence-corrected chi connectivity index (χ1v) is 8.43. The summed E-state index contributed by atoms with van der Waals surface area (Å²) in [5, 5.41) is 14.7. The molecule has 7 nitrogen and oxygen atoms in total. The summed E-state index contributed by atoms with van der Waals surface area (Å²) in [6.45, 7) is 2.87. The lowest BCUT2D eigenvalue weighted by atomic mass is 10.0. The zero-order chi connectivity index (χ0) is 20.0. The molecule has 3 N–H and O–H groups in total. The smallest absolute Gasteiger partial charge is 0.255 e. The number of hydrogen-bond acceptors (Lipinski definition) is 4. The zero-order valence-electron chi connectivity index (χ0n) is 15.5. The molecule has 0 aliphatic heterocycles. The summed E-state index contributed by atoms with van der Waals surface area (Å²) >= 11 is 0. The number of phenols is 1. The van der Waals surface area contributed by atoms with Gasteiger partial charge in [-0.2, -0.15) is 0 Å². The second-order valence-corrected chi connectivity index (χ2v) is 6.57. The van der Waals surface area contributed by atoms with Gasteiger partial charge in [0.05, 0.1) is 12.1 Å². The number of likely N-dealkylation sites (N-methyl/N-ethyl adjacent to an activating group) is 1. The fraction of sp³-hybridized carbons (Fsp3) is 0.250. The summed E-state index contributed by atoms with van der Waals surface area (Å²) in [6, 6.07) is 15.1. The van der Waals surface area contributed by atoms with E-state index in [2.05, 4.69) is 10.6 Å². The molecule has 2 rings (SSSR count). The van der Waals surface area contributed by atoms with Gasteiger partial charge in [-0.1, -0.05) is 30.3 Å². The molecule has 0 unspecified atom stereocenters. The number of anilines is 1. The van der Waals surface area contributed by atoms with Gasteiger partial charge in [0.25, 0.3) is 11.8 Å². The Morgan fingerprint density at radius 2 is 1.59 bits per heavy atom. The Morgan fingerprint density at radius 3 is 2.22 bits per heavy atom. The van der Waals surface area contributed by atoms with Crippen LogP contribution in [0.15, 0.2) is 54.6 Å². The van der Waals surface area contributed by atoms with Crippen molar-refractivity contribution in [1.29, 1.82) is 0 Å². The summed E-state index contributed by atoms with van der Waals surface area (Å²) in [7, 11) is 1.63. The predicted molar refractivity (Wildman–Crippen MR) is 103 cm³/mol. The first kappa shape index (κ1) is 20.0. The van der Waals surface area contributed by atoms with Crippen LogP contribution in [0.4, 0.5) is 5.69 Å². The molecule has 0 radical (unpaired) electrons. The molecule has 7 heteroatoms. The van der Waals surface area contributed by atoms with Gasteiger partial charge < -0.3 is 20.6 Å². The monoisotopic (exact) mass is 369 g/mol. The highest BCUT2D eigenvalue weighted by atomic mass is 16.3. The van der Waals surface area contributed by atoms with E-state index < -0.39 is 17.4 Å². The maximum absolute atomic E-state index is 12.7. The van der Waals surface area contributed by atoms with Crippen LogP contribution in [0, 0.1) is 0 Å². The van der Waals surface area contributed by atoms with Gasteiger partial charge >= 0.3 is 0 Å². The third-order valence-corrected chi connectivity index (χ3v) is 3.99. The number of carbonyl (C=O) groups is 3. The summed E-state index contributed by atoms with van der Waals surface area (Å²) in [4.78, 5) is 38.4. The fourth-order valence-corrected chi connectivity index (χ4v) is 2.56. The van der Waals surface area contributed by atoms with Crippen LogP contribution in [0.5, 0.6) is 5.75 Å². The van der Waals surface area contributed by atoms with Gasteiger partial charge in [-0.3, -0.25) is 14.4 Å². The summed E-state index contributed by atoms with van der Waals surface area (Å²) in [5.74, 6) is -1.56. The van der Waals surface area contributed by atoms with Crippen LogP contribution in [0.1, 0.15) is 24.2 Å². The second-order valence-electron chi connectivity index (χ2n) is 6.57. The molecule has 0 spiro atoms. The Balaban J connectivity index is 1.94. The molecule has 0 aliphatic rings. The second kappa shape index (κ2) is 8.35. The maximum atomic E-state index is 12.7. The first-order chi connectivity index (χ1) is 12.7. The number of phenolic OH excluding ortho intramolecular Hbond substituents is 1. The molecular weight excluding hydrogens is 346 g/mol. The van der Waals surface area contributed by atoms with Crippen LogP contribution in [-0.4, -0.2) is 42.0 Å². The van der Waals surface area contributed by atoms with Crippen molar-refractivity contribution in [3.63, 3.8) is 0 Å². The topological polar surface area (TPSA) is 98.7 Å². The van der Waals surface area contributed by atoms with Crippen LogP contribution >= 0.6 is 0 Å². The van der Waals surface area contributed by atoms with E-state index in [9.17, 15) is 19.5 Å². The van der Waals surface area contributed by atoms with Gasteiger partial charge in [0, 0.05) is 12.7 Å². The quantitative estimate of drug-likeness (QED) is 0.721. The largest absolute Gasteiger partial charge is 0.507 e. The van der Waals surface area contributed by atoms with E-state index in [-0.39, 0.29) is 23.8 Å². The van der Waals surface area contributed by atoms with Crippen molar-refractivity contribution >= 4 is 23.4 Å². The molecule has 27 heavy (non-hydrogen) atoms. The molecular formula is C20H23N3O4. The van der Waals surface area contributed by atoms with Crippen molar-refractivity contribution in [2.75, 3.05) is 18.5 Å². The maximum Gasteiger partial charge on any atom is 0.255 e. The predicted octanol–water partition coefficient (Wildman–Crippen LogP) is 1.68. The molecule has 0 saturated carbocycles. The van der Waals surface area contributed by atoms with Crippen LogP contribution in [0.2, 0.25) is 0 Å². The van der Waals surface area contributed by atoms with Crippen LogP contribution in [0.3, 0.4) is 0 Å². The Bertz CT molecular complexity index is 834. The van der Waals surface area contributed by atoms with Gasteiger partial charge in [-0.25, -0.2) is 0 Å². The van der Waals surface area contributed by atoms with Crippen molar-refractivity contribution in [1.82, 2.24) is 10.6 Å². The van der Waals surface area contributed by atoms with E-state index in [1.165, 1.54) is 17.0 Å². The van der Waals surface area contributed by atoms with Crippen molar-refractivity contribution in [3.05, 3.63) is 60.2 Å². The molecule has 0 aliphatic carbocycles. The fourth-order valence-electron chi connectivity index (χ4n) is 2.56. The van der Waals surface area contributed by atoms with Gasteiger partial charge in [-0.15, -0.1) is 0 Å². The highest BCUT2D eigenvalue weighted by Gasteiger charge is 2.32. The van der Waals surface area contributed by atoms with E-state index in [0.717, 1.165) is 0 Å². The van der Waals surface area contributed by atoms with E-state index >= 15 is 0 Å². The molecule has 142 valence electrons. The average Bonchev–Trinajstić information content (AvgIpc) is 2.65. The molecule has 0 aromatic heterocycles. The zero-order valence-corrected chi connectivity index (χ0v) is 15.5. The lowest BCUT2D eigenvalue weighted by molar-refractivity contribution is -0.130. The molecule has 2 aromatic rings. The van der Waals surface area contributed by atoms with Gasteiger partial charge in [0.15, 0.2) is 0 Å². The minimum Gasteiger partial charge on any atom is -0.507 e. The Morgan fingerprint density at radius 1 is 1.00 bits per heavy atom. The lowest BCUT2D eigenvalue weighted by Gasteiger charge is -2.30. The minimum atomic E-state index is -1.17. The minimum absolute atomic E-state index is 0.0736. The number of benzene rings is 2. The number of para-hydroxylation sites is 2. The first-order valence-electron chi connectivity index (χ1n) is 8.43. The lowest BCUT2D eigenvalue weighted by Crippen LogP contribution is -2.57. The molecule has 2 aromatic carbocycles. The molecule has 0 atom stereocenters. The molecule has 0 heterocycles. The molecule has 3 amide bonds. The highest BCUT2D eigenvalue weighted by Crippen LogP contribution is 2.17. The third-order valence-electron chi connectivity index (χ3n) is 3.99. The summed E-state index contributed by atoms with van der Waals surface area (Å²) in [6.07, 6.45) is 0. The SMILES string of the molecule is CN(C(=O)C(C)(C)NC(=O)CNC(=O)c1ccccc1O)c1ccccc1. The summed E-state index contributed by atoms with van der Waals surface area (Å²) in [5.41, 5.74) is -0.386. The van der Waals surface area contributed by atoms with E-state index in [4.69, 9.17) is 0 Å². The number of nitrogens with zero attached hydrogens (tertiary/aromatic N) is 1.